The molecule has 0 spiro atoms. The van der Waals surface area contributed by atoms with Gasteiger partial charge in [0.25, 0.3) is 5.91 Å². The van der Waals surface area contributed by atoms with E-state index in [2.05, 4.69) is 10.3 Å². The van der Waals surface area contributed by atoms with E-state index in [-0.39, 0.29) is 24.6 Å². The number of pyridine rings is 1. The highest BCUT2D eigenvalue weighted by Crippen LogP contribution is 2.34. The Hall–Kier alpha value is -2.64. The summed E-state index contributed by atoms with van der Waals surface area (Å²) in [5.41, 5.74) is 0.906. The highest BCUT2D eigenvalue weighted by Gasteiger charge is 2.39. The van der Waals surface area contributed by atoms with Gasteiger partial charge in [0.1, 0.15) is 23.7 Å². The van der Waals surface area contributed by atoms with Gasteiger partial charge in [-0.05, 0) is 39.7 Å². The molecule has 0 saturated heterocycles. The fraction of sp³-hybridized carbons (Fsp3) is 0.526. The first kappa shape index (κ1) is 19.1. The number of alkyl carbamates (subject to hydrolysis) is 1. The van der Waals surface area contributed by atoms with E-state index >= 15 is 0 Å². The summed E-state index contributed by atoms with van der Waals surface area (Å²) < 4.78 is 23.7. The molecule has 2 aliphatic rings. The molecular weight excluding hydrogens is 353 g/mol. The molecule has 1 aliphatic heterocycles. The second-order valence-corrected chi connectivity index (χ2v) is 7.75. The van der Waals surface area contributed by atoms with Crippen molar-refractivity contribution in [1.82, 2.24) is 15.2 Å². The van der Waals surface area contributed by atoms with E-state index in [1.54, 1.807) is 26.8 Å². The van der Waals surface area contributed by atoms with Crippen LogP contribution in [0.25, 0.3) is 0 Å². The fourth-order valence-corrected chi connectivity index (χ4v) is 2.75. The Kier molecular flexibility index (Phi) is 5.34. The summed E-state index contributed by atoms with van der Waals surface area (Å²) in [7, 11) is 0. The van der Waals surface area contributed by atoms with Crippen LogP contribution in [0.1, 0.15) is 49.7 Å². The smallest absolute Gasteiger partial charge is 0.407 e. The van der Waals surface area contributed by atoms with Crippen molar-refractivity contribution in [3.63, 3.8) is 0 Å². The number of hydrogen-bond donors (Lipinski definition) is 1. The summed E-state index contributed by atoms with van der Waals surface area (Å²) in [6.07, 6.45) is 3.32. The summed E-state index contributed by atoms with van der Waals surface area (Å²) >= 11 is 0. The molecule has 1 saturated carbocycles. The molecule has 1 fully saturated rings. The van der Waals surface area contributed by atoms with Gasteiger partial charge in [-0.25, -0.2) is 14.2 Å². The normalized spacial score (nSPS) is 17.0. The van der Waals surface area contributed by atoms with E-state index < -0.39 is 11.7 Å². The number of nitrogens with one attached hydrogen (secondary N) is 1. The molecule has 1 aromatic heterocycles. The number of aromatic nitrogens is 1. The minimum atomic E-state index is -0.625. The summed E-state index contributed by atoms with van der Waals surface area (Å²) in [6.45, 7) is 5.70. The lowest BCUT2D eigenvalue weighted by molar-refractivity contribution is 0.0531. The zero-order valence-electron chi connectivity index (χ0n) is 15.8. The van der Waals surface area contributed by atoms with Gasteiger partial charge in [-0.15, -0.1) is 0 Å². The molecule has 8 heteroatoms. The molecule has 0 radical (unpaired) electrons. The Morgan fingerprint density at radius 3 is 2.81 bits per heavy atom. The van der Waals surface area contributed by atoms with E-state index in [1.165, 1.54) is 6.20 Å². The first-order valence-corrected chi connectivity index (χ1v) is 8.94. The summed E-state index contributed by atoms with van der Waals surface area (Å²) in [4.78, 5) is 29.9. The van der Waals surface area contributed by atoms with Crippen LogP contribution in [0.2, 0.25) is 0 Å². The van der Waals surface area contributed by atoms with E-state index in [1.807, 2.05) is 4.90 Å². The van der Waals surface area contributed by atoms with E-state index in [9.17, 15) is 14.0 Å². The molecule has 1 N–H and O–H groups in total. The molecule has 1 aromatic rings. The van der Waals surface area contributed by atoms with E-state index in [4.69, 9.17) is 9.47 Å². The van der Waals surface area contributed by atoms with Crippen LogP contribution in [0.3, 0.4) is 0 Å². The van der Waals surface area contributed by atoms with Crippen molar-refractivity contribution < 1.29 is 23.5 Å². The van der Waals surface area contributed by atoms with Gasteiger partial charge in [0.05, 0.1) is 12.5 Å². The van der Waals surface area contributed by atoms with E-state index in [0.717, 1.165) is 18.4 Å². The Morgan fingerprint density at radius 1 is 1.44 bits per heavy atom. The Labute approximate surface area is 157 Å². The number of carbonyl (C=O) groups excluding carboxylic acids is 2. The van der Waals surface area contributed by atoms with Crippen molar-refractivity contribution in [2.75, 3.05) is 13.2 Å². The van der Waals surface area contributed by atoms with Gasteiger partial charge in [0.15, 0.2) is 0 Å². The van der Waals surface area contributed by atoms with Crippen molar-refractivity contribution >= 4 is 12.0 Å². The zero-order valence-corrected chi connectivity index (χ0v) is 15.8. The molecule has 0 atom stereocenters. The van der Waals surface area contributed by atoms with Crippen molar-refractivity contribution in [1.29, 1.82) is 0 Å². The number of carbonyl (C=O) groups is 2. The van der Waals surface area contributed by atoms with Crippen LogP contribution >= 0.6 is 0 Å². The van der Waals surface area contributed by atoms with Gasteiger partial charge in [0.2, 0.25) is 0 Å². The lowest BCUT2D eigenvalue weighted by Crippen LogP contribution is -2.34. The van der Waals surface area contributed by atoms with Crippen LogP contribution in [0, 0.1) is 0 Å². The molecular formula is C19H24FN3O4. The molecule has 0 aromatic carbocycles. The third-order valence-electron chi connectivity index (χ3n) is 4.17. The average molecular weight is 377 g/mol. The quantitative estimate of drug-likeness (QED) is 0.824. The highest BCUT2D eigenvalue weighted by atomic mass is 19.1. The standard InChI is InChI=1S/C19H24FN3O4/c1-19(2,3)27-18(25)22-8-12(7-20)11-26-15-6-13-10-23(14-4-5-14)17(24)16(13)21-9-15/h6-7,9,14H,4-5,8,10-11H2,1-3H3,(H,22,25)/b12-7-. The van der Waals surface area contributed by atoms with Gasteiger partial charge in [0, 0.05) is 30.3 Å². The van der Waals surface area contributed by atoms with Crippen LogP contribution in [-0.4, -0.2) is 46.7 Å². The minimum Gasteiger partial charge on any atom is -0.487 e. The topological polar surface area (TPSA) is 80.8 Å². The van der Waals surface area contributed by atoms with Crippen LogP contribution in [0.4, 0.5) is 9.18 Å². The third kappa shape index (κ3) is 4.96. The number of hydrogen-bond acceptors (Lipinski definition) is 5. The molecule has 146 valence electrons. The van der Waals surface area contributed by atoms with Gasteiger partial charge in [-0.1, -0.05) is 0 Å². The molecule has 27 heavy (non-hydrogen) atoms. The average Bonchev–Trinajstić information content (AvgIpc) is 3.38. The fourth-order valence-electron chi connectivity index (χ4n) is 2.75. The molecule has 2 heterocycles. The lowest BCUT2D eigenvalue weighted by Gasteiger charge is -2.20. The first-order chi connectivity index (χ1) is 12.8. The summed E-state index contributed by atoms with van der Waals surface area (Å²) in [5, 5.41) is 2.48. The van der Waals surface area contributed by atoms with Gasteiger partial charge >= 0.3 is 6.09 Å². The van der Waals surface area contributed by atoms with E-state index in [0.29, 0.717) is 30.4 Å². The second-order valence-electron chi connectivity index (χ2n) is 7.75. The van der Waals surface area contributed by atoms with Crippen molar-refractivity contribution in [2.24, 2.45) is 0 Å². The number of fused-ring (bicyclic) bond motifs is 1. The lowest BCUT2D eigenvalue weighted by atomic mass is 10.2. The maximum atomic E-state index is 13.1. The molecule has 7 nitrogen and oxygen atoms in total. The predicted octanol–water partition coefficient (Wildman–Crippen LogP) is 2.96. The van der Waals surface area contributed by atoms with Gasteiger partial charge in [-0.3, -0.25) is 4.79 Å². The number of ether oxygens (including phenoxy) is 2. The SMILES string of the molecule is CC(C)(C)OC(=O)NC/C(=C/F)COc1cnc2c(c1)CN(C1CC1)C2=O. The number of rotatable bonds is 6. The Morgan fingerprint density at radius 2 is 2.19 bits per heavy atom. The van der Waals surface area contributed by atoms with Crippen molar-refractivity contribution in [2.45, 2.75) is 51.8 Å². The minimum absolute atomic E-state index is 0.0300. The second kappa shape index (κ2) is 7.54. The predicted molar refractivity (Wildman–Crippen MR) is 96.1 cm³/mol. The zero-order chi connectivity index (χ0) is 19.6. The molecule has 0 bridgehead atoms. The van der Waals surface area contributed by atoms with Gasteiger partial charge in [-0.2, -0.15) is 0 Å². The molecule has 2 amide bonds. The number of nitrogens with zero attached hydrogens (tertiary/aromatic N) is 2. The third-order valence-corrected chi connectivity index (χ3v) is 4.17. The van der Waals surface area contributed by atoms with Crippen molar-refractivity contribution in [3.8, 4) is 5.75 Å². The monoisotopic (exact) mass is 377 g/mol. The Balaban J connectivity index is 1.51. The van der Waals surface area contributed by atoms with Crippen LogP contribution in [-0.2, 0) is 11.3 Å². The maximum Gasteiger partial charge on any atom is 0.407 e. The highest BCUT2D eigenvalue weighted by molar-refractivity contribution is 5.96. The molecule has 0 unspecified atom stereocenters. The summed E-state index contributed by atoms with van der Waals surface area (Å²) in [5.74, 6) is 0.417. The van der Waals surface area contributed by atoms with Gasteiger partial charge < -0.3 is 19.7 Å². The maximum absolute atomic E-state index is 13.1. The number of amides is 2. The van der Waals surface area contributed by atoms with Crippen LogP contribution in [0.5, 0.6) is 5.75 Å². The summed E-state index contributed by atoms with van der Waals surface area (Å²) in [6, 6.07) is 2.09. The van der Waals surface area contributed by atoms with Crippen LogP contribution in [0.15, 0.2) is 24.2 Å². The van der Waals surface area contributed by atoms with Crippen molar-refractivity contribution in [3.05, 3.63) is 35.4 Å². The number of halogens is 1. The molecule has 3 rings (SSSR count). The largest absolute Gasteiger partial charge is 0.487 e. The molecule has 1 aliphatic carbocycles. The first-order valence-electron chi connectivity index (χ1n) is 8.94. The van der Waals surface area contributed by atoms with Crippen LogP contribution < -0.4 is 10.1 Å². The Bertz CT molecular complexity index is 769.